The average Bonchev–Trinajstić information content (AvgIpc) is 3.38. The Kier molecular flexibility index (Phi) is 6.96. The first kappa shape index (κ1) is 21.2. The lowest BCUT2D eigenvalue weighted by atomic mass is 10.2. The largest absolute Gasteiger partial charge is 0.300 e. The van der Waals surface area contributed by atoms with Gasteiger partial charge in [0.05, 0.1) is 12.1 Å². The van der Waals surface area contributed by atoms with E-state index in [1.165, 1.54) is 34.4 Å². The van der Waals surface area contributed by atoms with Crippen LogP contribution in [0.4, 0.5) is 5.13 Å². The third kappa shape index (κ3) is 5.35. The van der Waals surface area contributed by atoms with Crippen molar-refractivity contribution in [1.29, 1.82) is 0 Å². The van der Waals surface area contributed by atoms with Gasteiger partial charge in [-0.1, -0.05) is 52.4 Å². The summed E-state index contributed by atoms with van der Waals surface area (Å²) in [5, 5.41) is 15.3. The molecule has 6 nitrogen and oxygen atoms in total. The lowest BCUT2D eigenvalue weighted by Gasteiger charge is -2.04. The van der Waals surface area contributed by atoms with Gasteiger partial charge in [-0.3, -0.25) is 9.78 Å². The van der Waals surface area contributed by atoms with E-state index >= 15 is 0 Å². The molecule has 0 aliphatic carbocycles. The van der Waals surface area contributed by atoms with E-state index in [0.717, 1.165) is 16.1 Å². The minimum atomic E-state index is -0.195. The van der Waals surface area contributed by atoms with E-state index in [0.29, 0.717) is 31.0 Å². The van der Waals surface area contributed by atoms with Crippen molar-refractivity contribution in [3.05, 3.63) is 69.4 Å². The molecule has 0 aliphatic heterocycles. The van der Waals surface area contributed by atoms with Crippen LogP contribution in [0.25, 0.3) is 10.6 Å². The fraction of sp³-hybridized carbons (Fsp3) is 0.105. The number of rotatable bonds is 7. The Balaban J connectivity index is 1.32. The fourth-order valence-corrected chi connectivity index (χ4v) is 5.78. The standard InChI is InChI=1S/C19H13Cl2N5OS3/c20-14-4-1-5-15(21)13(14)10-29-19-26-25-18(30-19)24-16(27)7-12-9-28-17(23-12)11-3-2-6-22-8-11/h1-6,8-9H,7,10H2,(H,24,25,27). The van der Waals surface area contributed by atoms with E-state index in [9.17, 15) is 4.79 Å². The van der Waals surface area contributed by atoms with Crippen LogP contribution in [0, 0.1) is 0 Å². The van der Waals surface area contributed by atoms with Crippen LogP contribution in [0.15, 0.2) is 52.4 Å². The summed E-state index contributed by atoms with van der Waals surface area (Å²) in [5.41, 5.74) is 2.47. The molecule has 3 heterocycles. The van der Waals surface area contributed by atoms with Crippen LogP contribution in [0.5, 0.6) is 0 Å². The molecule has 0 radical (unpaired) electrons. The van der Waals surface area contributed by atoms with E-state index < -0.39 is 0 Å². The molecular weight excluding hydrogens is 481 g/mol. The van der Waals surface area contributed by atoms with E-state index in [1.54, 1.807) is 30.6 Å². The molecule has 11 heteroatoms. The second kappa shape index (κ2) is 9.84. The number of thioether (sulfide) groups is 1. The minimum absolute atomic E-state index is 0.161. The van der Waals surface area contributed by atoms with Gasteiger partial charge in [0.25, 0.3) is 0 Å². The van der Waals surface area contributed by atoms with Gasteiger partial charge in [0.15, 0.2) is 4.34 Å². The Labute approximate surface area is 194 Å². The first-order chi connectivity index (χ1) is 14.6. The Morgan fingerprint density at radius 2 is 1.97 bits per heavy atom. The molecule has 0 unspecified atom stereocenters. The lowest BCUT2D eigenvalue weighted by Crippen LogP contribution is -2.14. The Morgan fingerprint density at radius 3 is 2.73 bits per heavy atom. The quantitative estimate of drug-likeness (QED) is 0.257. The second-order valence-electron chi connectivity index (χ2n) is 5.97. The highest BCUT2D eigenvalue weighted by atomic mass is 35.5. The maximum absolute atomic E-state index is 12.3. The number of carbonyl (C=O) groups excluding carboxylic acids is 1. The molecule has 0 aliphatic rings. The van der Waals surface area contributed by atoms with E-state index in [-0.39, 0.29) is 12.3 Å². The molecule has 0 bridgehead atoms. The van der Waals surface area contributed by atoms with Crippen molar-refractivity contribution in [3.63, 3.8) is 0 Å². The van der Waals surface area contributed by atoms with Crippen molar-refractivity contribution >= 4 is 68.7 Å². The van der Waals surface area contributed by atoms with E-state index in [4.69, 9.17) is 23.2 Å². The number of anilines is 1. The molecule has 0 saturated heterocycles. The smallest absolute Gasteiger partial charge is 0.232 e. The molecular formula is C19H13Cl2N5OS3. The third-order valence-electron chi connectivity index (χ3n) is 3.86. The zero-order chi connectivity index (χ0) is 20.9. The van der Waals surface area contributed by atoms with Crippen LogP contribution in [-0.2, 0) is 17.0 Å². The Morgan fingerprint density at radius 1 is 1.13 bits per heavy atom. The van der Waals surface area contributed by atoms with Crippen LogP contribution >= 0.6 is 57.6 Å². The summed E-state index contributed by atoms with van der Waals surface area (Å²) in [4.78, 5) is 20.9. The number of pyridine rings is 1. The van der Waals surface area contributed by atoms with Crippen molar-refractivity contribution in [2.75, 3.05) is 5.32 Å². The Bertz CT molecular complexity index is 1150. The highest BCUT2D eigenvalue weighted by Gasteiger charge is 2.13. The van der Waals surface area contributed by atoms with Gasteiger partial charge in [0.2, 0.25) is 11.0 Å². The van der Waals surface area contributed by atoms with Gasteiger partial charge in [-0.2, -0.15) is 0 Å². The highest BCUT2D eigenvalue weighted by molar-refractivity contribution is 8.00. The molecule has 4 rings (SSSR count). The monoisotopic (exact) mass is 493 g/mol. The summed E-state index contributed by atoms with van der Waals surface area (Å²) >= 11 is 16.6. The maximum atomic E-state index is 12.3. The maximum Gasteiger partial charge on any atom is 0.232 e. The first-order valence-electron chi connectivity index (χ1n) is 8.62. The predicted molar refractivity (Wildman–Crippen MR) is 124 cm³/mol. The van der Waals surface area contributed by atoms with Gasteiger partial charge >= 0.3 is 0 Å². The summed E-state index contributed by atoms with van der Waals surface area (Å²) in [6.07, 6.45) is 3.62. The normalized spacial score (nSPS) is 10.9. The van der Waals surface area contributed by atoms with Crippen LogP contribution in [0.3, 0.4) is 0 Å². The number of thiazole rings is 1. The highest BCUT2D eigenvalue weighted by Crippen LogP contribution is 2.33. The number of amides is 1. The van der Waals surface area contributed by atoms with Gasteiger partial charge in [0.1, 0.15) is 5.01 Å². The number of hydrogen-bond acceptors (Lipinski definition) is 8. The Hall–Kier alpha value is -2.04. The SMILES string of the molecule is O=C(Cc1csc(-c2cccnc2)n1)Nc1nnc(SCc2c(Cl)cccc2Cl)s1. The molecule has 1 aromatic carbocycles. The summed E-state index contributed by atoms with van der Waals surface area (Å²) in [6, 6.07) is 9.19. The van der Waals surface area contributed by atoms with Crippen LogP contribution in [-0.4, -0.2) is 26.1 Å². The molecule has 1 N–H and O–H groups in total. The van der Waals surface area contributed by atoms with Crippen molar-refractivity contribution in [1.82, 2.24) is 20.2 Å². The van der Waals surface area contributed by atoms with Gasteiger partial charge < -0.3 is 5.32 Å². The zero-order valence-electron chi connectivity index (χ0n) is 15.2. The average molecular weight is 494 g/mol. The van der Waals surface area contributed by atoms with Crippen molar-refractivity contribution in [2.24, 2.45) is 0 Å². The van der Waals surface area contributed by atoms with Crippen molar-refractivity contribution < 1.29 is 4.79 Å². The molecule has 152 valence electrons. The van der Waals surface area contributed by atoms with Gasteiger partial charge in [0, 0.05) is 39.1 Å². The fourth-order valence-electron chi connectivity index (χ4n) is 2.46. The molecule has 30 heavy (non-hydrogen) atoms. The molecule has 0 fully saturated rings. The number of hydrogen-bond donors (Lipinski definition) is 1. The summed E-state index contributed by atoms with van der Waals surface area (Å²) in [6.45, 7) is 0. The second-order valence-corrected chi connectivity index (χ2v) is 9.85. The number of nitrogens with zero attached hydrogens (tertiary/aromatic N) is 4. The van der Waals surface area contributed by atoms with Gasteiger partial charge in [-0.15, -0.1) is 21.5 Å². The van der Waals surface area contributed by atoms with E-state index in [2.05, 4.69) is 25.5 Å². The predicted octanol–water partition coefficient (Wildman–Crippen LogP) is 5.84. The number of carbonyl (C=O) groups is 1. The number of aromatic nitrogens is 4. The lowest BCUT2D eigenvalue weighted by molar-refractivity contribution is -0.115. The zero-order valence-corrected chi connectivity index (χ0v) is 19.2. The first-order valence-corrected chi connectivity index (χ1v) is 12.1. The summed E-state index contributed by atoms with van der Waals surface area (Å²) < 4.78 is 0.716. The topological polar surface area (TPSA) is 80.7 Å². The van der Waals surface area contributed by atoms with Crippen LogP contribution < -0.4 is 5.32 Å². The number of nitrogens with one attached hydrogen (secondary N) is 1. The molecule has 1 amide bonds. The minimum Gasteiger partial charge on any atom is -0.300 e. The van der Waals surface area contributed by atoms with Gasteiger partial charge in [-0.25, -0.2) is 4.98 Å². The van der Waals surface area contributed by atoms with Crippen molar-refractivity contribution in [2.45, 2.75) is 16.5 Å². The van der Waals surface area contributed by atoms with Crippen molar-refractivity contribution in [3.8, 4) is 10.6 Å². The molecule has 3 aromatic heterocycles. The number of halogens is 2. The summed E-state index contributed by atoms with van der Waals surface area (Å²) in [5.74, 6) is 0.372. The summed E-state index contributed by atoms with van der Waals surface area (Å²) in [7, 11) is 0. The third-order valence-corrected chi connectivity index (χ3v) is 7.50. The molecule has 0 atom stereocenters. The van der Waals surface area contributed by atoms with Crippen LogP contribution in [0.2, 0.25) is 10.0 Å². The number of benzene rings is 1. The molecule has 0 saturated carbocycles. The van der Waals surface area contributed by atoms with Crippen LogP contribution in [0.1, 0.15) is 11.3 Å². The molecule has 0 spiro atoms. The molecule has 4 aromatic rings. The van der Waals surface area contributed by atoms with Gasteiger partial charge in [-0.05, 0) is 29.8 Å². The van der Waals surface area contributed by atoms with E-state index in [1.807, 2.05) is 17.5 Å².